The lowest BCUT2D eigenvalue weighted by Gasteiger charge is -2.14. The van der Waals surface area contributed by atoms with E-state index in [0.717, 1.165) is 30.3 Å². The molecule has 0 amide bonds. The Labute approximate surface area is 123 Å². The average Bonchev–Trinajstić information content (AvgIpc) is 2.69. The van der Waals surface area contributed by atoms with E-state index in [0.29, 0.717) is 12.6 Å². The highest BCUT2D eigenvalue weighted by Crippen LogP contribution is 2.32. The van der Waals surface area contributed by atoms with Crippen molar-refractivity contribution in [3.05, 3.63) is 33.8 Å². The second-order valence-electron chi connectivity index (χ2n) is 4.91. The van der Waals surface area contributed by atoms with Crippen molar-refractivity contribution in [1.82, 2.24) is 10.0 Å². The van der Waals surface area contributed by atoms with Crippen molar-refractivity contribution < 1.29 is 8.42 Å². The van der Waals surface area contributed by atoms with Crippen LogP contribution in [-0.2, 0) is 16.4 Å². The van der Waals surface area contributed by atoms with Gasteiger partial charge in [-0.15, -0.1) is 0 Å². The van der Waals surface area contributed by atoms with E-state index < -0.39 is 10.0 Å². The molecule has 1 atom stereocenters. The first kappa shape index (κ1) is 15.0. The van der Waals surface area contributed by atoms with Gasteiger partial charge in [0.05, 0.1) is 6.26 Å². The van der Waals surface area contributed by atoms with Crippen molar-refractivity contribution in [3.8, 4) is 0 Å². The molecule has 4 nitrogen and oxygen atoms in total. The van der Waals surface area contributed by atoms with E-state index in [1.54, 1.807) is 0 Å². The third-order valence-electron chi connectivity index (χ3n) is 3.29. The van der Waals surface area contributed by atoms with Crippen LogP contribution >= 0.6 is 15.9 Å². The van der Waals surface area contributed by atoms with Crippen LogP contribution in [0.5, 0.6) is 0 Å². The van der Waals surface area contributed by atoms with Crippen LogP contribution in [0.25, 0.3) is 0 Å². The molecule has 0 spiro atoms. The molecule has 2 N–H and O–H groups in total. The topological polar surface area (TPSA) is 58.2 Å². The Balaban J connectivity index is 1.77. The number of sulfonamides is 1. The molecule has 2 rings (SSSR count). The fourth-order valence-electron chi connectivity index (χ4n) is 2.42. The number of aryl methyl sites for hydroxylation is 1. The monoisotopic (exact) mass is 346 g/mol. The minimum absolute atomic E-state index is 0.404. The van der Waals surface area contributed by atoms with Crippen LogP contribution in [0.1, 0.15) is 30.0 Å². The van der Waals surface area contributed by atoms with Crippen LogP contribution in [0.4, 0.5) is 0 Å². The number of nitrogens with one attached hydrogen (secondary N) is 2. The van der Waals surface area contributed by atoms with Crippen molar-refractivity contribution in [2.45, 2.75) is 25.3 Å². The average molecular weight is 347 g/mol. The summed E-state index contributed by atoms with van der Waals surface area (Å²) in [5, 5.41) is 3.49. The Hall–Kier alpha value is -0.430. The maximum Gasteiger partial charge on any atom is 0.208 e. The molecule has 0 unspecified atom stereocenters. The molecule has 0 aromatic heterocycles. The van der Waals surface area contributed by atoms with Gasteiger partial charge in [-0.05, 0) is 49.1 Å². The van der Waals surface area contributed by atoms with Gasteiger partial charge in [0.2, 0.25) is 10.0 Å². The molecule has 1 aliphatic rings. The zero-order valence-corrected chi connectivity index (χ0v) is 13.4. The highest BCUT2D eigenvalue weighted by molar-refractivity contribution is 9.10. The van der Waals surface area contributed by atoms with Gasteiger partial charge >= 0.3 is 0 Å². The predicted octanol–water partition coefficient (Wildman–Crippen LogP) is 1.97. The quantitative estimate of drug-likeness (QED) is 0.774. The fraction of sp³-hybridized carbons (Fsp3) is 0.538. The molecule has 0 radical (unpaired) electrons. The van der Waals surface area contributed by atoms with E-state index in [4.69, 9.17) is 0 Å². The number of benzene rings is 1. The van der Waals surface area contributed by atoms with Crippen molar-refractivity contribution in [2.24, 2.45) is 0 Å². The second-order valence-corrected chi connectivity index (χ2v) is 7.66. The maximum absolute atomic E-state index is 10.9. The van der Waals surface area contributed by atoms with Gasteiger partial charge in [0.1, 0.15) is 0 Å². The summed E-state index contributed by atoms with van der Waals surface area (Å²) in [7, 11) is -3.06. The van der Waals surface area contributed by atoms with Crippen molar-refractivity contribution in [1.29, 1.82) is 0 Å². The Morgan fingerprint density at radius 3 is 2.89 bits per heavy atom. The van der Waals surface area contributed by atoms with E-state index in [9.17, 15) is 8.42 Å². The van der Waals surface area contributed by atoms with E-state index in [1.165, 1.54) is 17.4 Å². The molecular weight excluding hydrogens is 328 g/mol. The molecular formula is C13H19BrN2O2S. The van der Waals surface area contributed by atoms with Crippen molar-refractivity contribution in [3.63, 3.8) is 0 Å². The summed E-state index contributed by atoms with van der Waals surface area (Å²) >= 11 is 3.49. The third-order valence-corrected chi connectivity index (χ3v) is 4.51. The van der Waals surface area contributed by atoms with Gasteiger partial charge < -0.3 is 5.32 Å². The molecule has 0 saturated carbocycles. The van der Waals surface area contributed by atoms with Gasteiger partial charge in [-0.2, -0.15) is 0 Å². The third kappa shape index (κ3) is 4.56. The standard InChI is InChI=1S/C13H19BrN2O2S/c1-19(17,18)16-8-2-7-15-13-6-3-10-9-11(14)4-5-12(10)13/h4-5,9,13,15-16H,2-3,6-8H2,1H3/t13-/m0/s1. The minimum Gasteiger partial charge on any atom is -0.310 e. The smallest absolute Gasteiger partial charge is 0.208 e. The number of hydrogen-bond acceptors (Lipinski definition) is 3. The van der Waals surface area contributed by atoms with Crippen LogP contribution in [0.15, 0.2) is 22.7 Å². The molecule has 106 valence electrons. The summed E-state index contributed by atoms with van der Waals surface area (Å²) in [5.41, 5.74) is 2.78. The zero-order valence-electron chi connectivity index (χ0n) is 10.9. The molecule has 1 aromatic rings. The molecule has 19 heavy (non-hydrogen) atoms. The Morgan fingerprint density at radius 2 is 2.16 bits per heavy atom. The summed E-state index contributed by atoms with van der Waals surface area (Å²) in [6.07, 6.45) is 4.21. The van der Waals surface area contributed by atoms with E-state index in [-0.39, 0.29) is 0 Å². The predicted molar refractivity (Wildman–Crippen MR) is 80.7 cm³/mol. The minimum atomic E-state index is -3.06. The van der Waals surface area contributed by atoms with E-state index >= 15 is 0 Å². The van der Waals surface area contributed by atoms with Crippen molar-refractivity contribution >= 4 is 26.0 Å². The van der Waals surface area contributed by atoms with Gasteiger partial charge in [0.25, 0.3) is 0 Å². The van der Waals surface area contributed by atoms with Crippen LogP contribution < -0.4 is 10.0 Å². The highest BCUT2D eigenvalue weighted by Gasteiger charge is 2.21. The summed E-state index contributed by atoms with van der Waals surface area (Å²) < 4.78 is 25.4. The molecule has 0 heterocycles. The van der Waals surface area contributed by atoms with Gasteiger partial charge in [-0.25, -0.2) is 13.1 Å². The first-order valence-electron chi connectivity index (χ1n) is 6.42. The number of hydrogen-bond donors (Lipinski definition) is 2. The molecule has 1 aliphatic carbocycles. The number of halogens is 1. The fourth-order valence-corrected chi connectivity index (χ4v) is 3.34. The highest BCUT2D eigenvalue weighted by atomic mass is 79.9. The largest absolute Gasteiger partial charge is 0.310 e. The lowest BCUT2D eigenvalue weighted by molar-refractivity contribution is 0.517. The molecule has 0 bridgehead atoms. The van der Waals surface area contributed by atoms with E-state index in [2.05, 4.69) is 44.2 Å². The summed E-state index contributed by atoms with van der Waals surface area (Å²) in [4.78, 5) is 0. The van der Waals surface area contributed by atoms with Gasteiger partial charge in [0.15, 0.2) is 0 Å². The Morgan fingerprint density at radius 1 is 1.37 bits per heavy atom. The molecule has 1 aromatic carbocycles. The second kappa shape index (κ2) is 6.35. The molecule has 0 saturated heterocycles. The van der Waals surface area contributed by atoms with Crippen molar-refractivity contribution in [2.75, 3.05) is 19.3 Å². The van der Waals surface area contributed by atoms with Crippen LogP contribution in [0, 0.1) is 0 Å². The lowest BCUT2D eigenvalue weighted by Crippen LogP contribution is -2.27. The SMILES string of the molecule is CS(=O)(=O)NCCCN[C@H]1CCc2cc(Br)ccc21. The zero-order chi connectivity index (χ0) is 13.9. The van der Waals surface area contributed by atoms with Crippen LogP contribution in [0.3, 0.4) is 0 Å². The first-order valence-corrected chi connectivity index (χ1v) is 9.10. The van der Waals surface area contributed by atoms with Gasteiger partial charge in [-0.3, -0.25) is 0 Å². The lowest BCUT2D eigenvalue weighted by atomic mass is 10.1. The van der Waals surface area contributed by atoms with Crippen LogP contribution in [0.2, 0.25) is 0 Å². The number of rotatable bonds is 6. The summed E-state index contributed by atoms with van der Waals surface area (Å²) in [6.45, 7) is 1.31. The molecule has 0 aliphatic heterocycles. The normalized spacial score (nSPS) is 18.5. The molecule has 6 heteroatoms. The number of fused-ring (bicyclic) bond motifs is 1. The summed E-state index contributed by atoms with van der Waals surface area (Å²) in [5.74, 6) is 0. The maximum atomic E-state index is 10.9. The first-order chi connectivity index (χ1) is 8.96. The van der Waals surface area contributed by atoms with Crippen LogP contribution in [-0.4, -0.2) is 27.8 Å². The summed E-state index contributed by atoms with van der Waals surface area (Å²) in [6, 6.07) is 6.83. The Kier molecular flexibility index (Phi) is 5.00. The van der Waals surface area contributed by atoms with Gasteiger partial charge in [-0.1, -0.05) is 22.0 Å². The Bertz CT molecular complexity index is 546. The molecule has 0 fully saturated rings. The van der Waals surface area contributed by atoms with E-state index in [1.807, 2.05) is 0 Å². The van der Waals surface area contributed by atoms with Gasteiger partial charge in [0, 0.05) is 17.1 Å².